The molecule has 4 heteroatoms. The van der Waals surface area contributed by atoms with Gasteiger partial charge in [-0.25, -0.2) is 0 Å². The van der Waals surface area contributed by atoms with Crippen molar-refractivity contribution in [2.24, 2.45) is 5.92 Å². The first kappa shape index (κ1) is 12.0. The van der Waals surface area contributed by atoms with Gasteiger partial charge in [-0.2, -0.15) is 0 Å². The van der Waals surface area contributed by atoms with Crippen LogP contribution in [0.5, 0.6) is 5.75 Å². The van der Waals surface area contributed by atoms with E-state index in [1.54, 1.807) is 18.5 Å². The first-order chi connectivity index (χ1) is 8.31. The van der Waals surface area contributed by atoms with Gasteiger partial charge >= 0.3 is 0 Å². The van der Waals surface area contributed by atoms with Gasteiger partial charge < -0.3 is 9.47 Å². The minimum absolute atomic E-state index is 0.0717. The van der Waals surface area contributed by atoms with Crippen molar-refractivity contribution in [1.29, 1.82) is 0 Å². The van der Waals surface area contributed by atoms with Crippen molar-refractivity contribution in [1.82, 2.24) is 4.98 Å². The fraction of sp³-hybridized carbons (Fsp3) is 0.538. The molecule has 0 N–H and O–H groups in total. The molecule has 0 bridgehead atoms. The Morgan fingerprint density at radius 3 is 2.94 bits per heavy atom. The molecule has 1 aromatic rings. The van der Waals surface area contributed by atoms with Gasteiger partial charge in [0.15, 0.2) is 5.78 Å². The van der Waals surface area contributed by atoms with Gasteiger partial charge in [0, 0.05) is 30.9 Å². The fourth-order valence-electron chi connectivity index (χ4n) is 1.99. The molecule has 0 aliphatic carbocycles. The molecule has 4 nitrogen and oxygen atoms in total. The molecule has 0 aromatic carbocycles. The van der Waals surface area contributed by atoms with Crippen LogP contribution in [0.3, 0.4) is 0 Å². The van der Waals surface area contributed by atoms with E-state index in [9.17, 15) is 4.79 Å². The first-order valence-corrected chi connectivity index (χ1v) is 6.01. The molecule has 0 atom stereocenters. The number of nitrogens with zero attached hydrogens (tertiary/aromatic N) is 1. The molecule has 0 spiro atoms. The number of Topliss-reactive ketones (excluding diaryl/α,β-unsaturated/α-hetero) is 1. The van der Waals surface area contributed by atoms with Crippen LogP contribution in [0.15, 0.2) is 18.5 Å². The second-order valence-corrected chi connectivity index (χ2v) is 4.09. The molecule has 0 unspecified atom stereocenters. The summed E-state index contributed by atoms with van der Waals surface area (Å²) in [5.41, 5.74) is 0.642. The second kappa shape index (κ2) is 5.77. The van der Waals surface area contributed by atoms with E-state index in [1.165, 1.54) is 0 Å². The van der Waals surface area contributed by atoms with Crippen molar-refractivity contribution >= 4 is 5.78 Å². The smallest absolute Gasteiger partial charge is 0.167 e. The summed E-state index contributed by atoms with van der Waals surface area (Å²) < 4.78 is 10.6. The molecule has 0 amide bonds. The molecule has 0 saturated carbocycles. The molecule has 1 aliphatic heterocycles. The zero-order valence-electron chi connectivity index (χ0n) is 10.0. The van der Waals surface area contributed by atoms with E-state index in [0.29, 0.717) is 31.1 Å². The van der Waals surface area contributed by atoms with Crippen molar-refractivity contribution in [2.45, 2.75) is 19.8 Å². The van der Waals surface area contributed by atoms with Crippen molar-refractivity contribution in [3.63, 3.8) is 0 Å². The van der Waals surface area contributed by atoms with Crippen LogP contribution in [-0.4, -0.2) is 30.6 Å². The highest BCUT2D eigenvalue weighted by Gasteiger charge is 2.23. The zero-order valence-corrected chi connectivity index (χ0v) is 10.0. The Balaban J connectivity index is 2.09. The molecule has 92 valence electrons. The molecule has 1 aliphatic rings. The monoisotopic (exact) mass is 235 g/mol. The largest absolute Gasteiger partial charge is 0.492 e. The summed E-state index contributed by atoms with van der Waals surface area (Å²) in [6.45, 7) is 3.84. The van der Waals surface area contributed by atoms with Crippen molar-refractivity contribution in [2.75, 3.05) is 19.8 Å². The van der Waals surface area contributed by atoms with E-state index in [0.717, 1.165) is 12.8 Å². The quantitative estimate of drug-likeness (QED) is 0.750. The van der Waals surface area contributed by atoms with Crippen LogP contribution >= 0.6 is 0 Å². The second-order valence-electron chi connectivity index (χ2n) is 4.09. The third-order valence-electron chi connectivity index (χ3n) is 2.90. The van der Waals surface area contributed by atoms with Crippen LogP contribution in [-0.2, 0) is 4.74 Å². The van der Waals surface area contributed by atoms with Gasteiger partial charge in [0.1, 0.15) is 5.75 Å². The number of carbonyl (C=O) groups is 1. The summed E-state index contributed by atoms with van der Waals surface area (Å²) in [5, 5.41) is 0. The van der Waals surface area contributed by atoms with Crippen molar-refractivity contribution in [3.8, 4) is 5.75 Å². The van der Waals surface area contributed by atoms with Crippen LogP contribution in [0.1, 0.15) is 30.1 Å². The highest BCUT2D eigenvalue weighted by molar-refractivity contribution is 5.97. The predicted octanol–water partition coefficient (Wildman–Crippen LogP) is 2.09. The first-order valence-electron chi connectivity index (χ1n) is 6.01. The molecule has 0 radical (unpaired) electrons. The molecule has 1 saturated heterocycles. The fourth-order valence-corrected chi connectivity index (χ4v) is 1.99. The Morgan fingerprint density at radius 2 is 2.24 bits per heavy atom. The Labute approximate surface area is 101 Å². The van der Waals surface area contributed by atoms with E-state index < -0.39 is 0 Å². The summed E-state index contributed by atoms with van der Waals surface area (Å²) in [6, 6.07) is 1.77. The van der Waals surface area contributed by atoms with Crippen LogP contribution in [0.2, 0.25) is 0 Å². The molecule has 1 aromatic heterocycles. The normalized spacial score (nSPS) is 16.8. The van der Waals surface area contributed by atoms with Crippen LogP contribution < -0.4 is 4.74 Å². The lowest BCUT2D eigenvalue weighted by Crippen LogP contribution is -2.23. The third-order valence-corrected chi connectivity index (χ3v) is 2.90. The van der Waals surface area contributed by atoms with Gasteiger partial charge in [0.25, 0.3) is 0 Å². The van der Waals surface area contributed by atoms with Gasteiger partial charge in [-0.15, -0.1) is 0 Å². The van der Waals surface area contributed by atoms with Crippen LogP contribution in [0, 0.1) is 5.92 Å². The number of aromatic nitrogens is 1. The Hall–Kier alpha value is -1.42. The topological polar surface area (TPSA) is 48.4 Å². The number of hydrogen-bond acceptors (Lipinski definition) is 4. The maximum Gasteiger partial charge on any atom is 0.167 e. The van der Waals surface area contributed by atoms with Crippen molar-refractivity contribution in [3.05, 3.63) is 24.0 Å². The number of hydrogen-bond donors (Lipinski definition) is 0. The molecular formula is C13H17NO3. The molecule has 1 fully saturated rings. The maximum atomic E-state index is 12.2. The van der Waals surface area contributed by atoms with E-state index in [2.05, 4.69) is 4.98 Å². The number of rotatable bonds is 4. The average molecular weight is 235 g/mol. The van der Waals surface area contributed by atoms with Crippen molar-refractivity contribution < 1.29 is 14.3 Å². The van der Waals surface area contributed by atoms with E-state index in [1.807, 2.05) is 6.92 Å². The summed E-state index contributed by atoms with van der Waals surface area (Å²) in [4.78, 5) is 16.2. The Bertz CT molecular complexity index is 386. The van der Waals surface area contributed by atoms with Crippen LogP contribution in [0.25, 0.3) is 0 Å². The molecule has 2 heterocycles. The van der Waals surface area contributed by atoms with Gasteiger partial charge in [0.2, 0.25) is 0 Å². The van der Waals surface area contributed by atoms with Gasteiger partial charge in [0.05, 0.1) is 12.8 Å². The maximum absolute atomic E-state index is 12.2. The third kappa shape index (κ3) is 3.03. The predicted molar refractivity (Wildman–Crippen MR) is 63.3 cm³/mol. The highest BCUT2D eigenvalue weighted by Crippen LogP contribution is 2.21. The highest BCUT2D eigenvalue weighted by atomic mass is 16.5. The zero-order chi connectivity index (χ0) is 12.1. The van der Waals surface area contributed by atoms with E-state index in [-0.39, 0.29) is 11.7 Å². The van der Waals surface area contributed by atoms with Gasteiger partial charge in [-0.05, 0) is 25.8 Å². The number of carbonyl (C=O) groups excluding carboxylic acids is 1. The lowest BCUT2D eigenvalue weighted by Gasteiger charge is -2.20. The molecule has 2 rings (SSSR count). The minimum atomic E-state index is 0.0717. The number of ether oxygens (including phenoxy) is 2. The van der Waals surface area contributed by atoms with E-state index >= 15 is 0 Å². The number of pyridine rings is 1. The summed E-state index contributed by atoms with van der Waals surface area (Å²) in [6.07, 6.45) is 4.85. The van der Waals surface area contributed by atoms with E-state index in [4.69, 9.17) is 9.47 Å². The van der Waals surface area contributed by atoms with Gasteiger partial charge in [-0.1, -0.05) is 0 Å². The SMILES string of the molecule is CCOc1cncc(C(=O)C2CCOCC2)c1. The molecular weight excluding hydrogens is 218 g/mol. The summed E-state index contributed by atoms with van der Waals surface area (Å²) in [7, 11) is 0. The lowest BCUT2D eigenvalue weighted by molar-refractivity contribution is 0.0544. The minimum Gasteiger partial charge on any atom is -0.492 e. The van der Waals surface area contributed by atoms with Crippen LogP contribution in [0.4, 0.5) is 0 Å². The lowest BCUT2D eigenvalue weighted by atomic mass is 9.92. The van der Waals surface area contributed by atoms with Gasteiger partial charge in [-0.3, -0.25) is 9.78 Å². The summed E-state index contributed by atoms with van der Waals surface area (Å²) >= 11 is 0. The number of ketones is 1. The summed E-state index contributed by atoms with van der Waals surface area (Å²) in [5.74, 6) is 0.884. The Kier molecular flexibility index (Phi) is 4.09. The Morgan fingerprint density at radius 1 is 1.47 bits per heavy atom. The average Bonchev–Trinajstić information content (AvgIpc) is 2.40. The molecule has 17 heavy (non-hydrogen) atoms. The standard InChI is InChI=1S/C13H17NO3/c1-2-17-12-7-11(8-14-9-12)13(15)10-3-5-16-6-4-10/h7-10H,2-6H2,1H3.